The topological polar surface area (TPSA) is 57.5 Å². The summed E-state index contributed by atoms with van der Waals surface area (Å²) in [5.41, 5.74) is 0.0881. The fourth-order valence-electron chi connectivity index (χ4n) is 0.885. The number of carboxylic acids is 1. The molecule has 0 saturated carbocycles. The molecule has 0 atom stereocenters. The van der Waals surface area contributed by atoms with Crippen LogP contribution in [0.3, 0.4) is 0 Å². The van der Waals surface area contributed by atoms with Crippen molar-refractivity contribution in [2.24, 2.45) is 0 Å². The molecule has 0 radical (unpaired) electrons. The first-order valence-electron chi connectivity index (χ1n) is 3.59. The summed E-state index contributed by atoms with van der Waals surface area (Å²) in [6.07, 6.45) is 1.93. The molecule has 3 nitrogen and oxygen atoms in total. The van der Waals surface area contributed by atoms with Crippen LogP contribution in [0.25, 0.3) is 6.08 Å². The van der Waals surface area contributed by atoms with Gasteiger partial charge in [-0.2, -0.15) is 0 Å². The van der Waals surface area contributed by atoms with E-state index in [1.165, 1.54) is 6.07 Å². The normalized spacial score (nSPS) is 10.7. The molecule has 0 bridgehead atoms. The molecule has 0 aliphatic heterocycles. The zero-order valence-electron chi connectivity index (χ0n) is 6.87. The Bertz CT molecular complexity index is 378. The van der Waals surface area contributed by atoms with E-state index in [1.807, 2.05) is 0 Å². The van der Waals surface area contributed by atoms with Crippen LogP contribution in [0.1, 0.15) is 5.56 Å². The lowest BCUT2D eigenvalue weighted by atomic mass is 10.2. The highest BCUT2D eigenvalue weighted by Crippen LogP contribution is 2.26. The van der Waals surface area contributed by atoms with E-state index in [0.29, 0.717) is 4.47 Å². The third-order valence-corrected chi connectivity index (χ3v) is 2.11. The van der Waals surface area contributed by atoms with Crippen LogP contribution in [0.4, 0.5) is 4.39 Å². The van der Waals surface area contributed by atoms with Gasteiger partial charge in [-0.15, -0.1) is 0 Å². The summed E-state index contributed by atoms with van der Waals surface area (Å²) >= 11 is 3.00. The second kappa shape index (κ2) is 4.23. The molecule has 0 aliphatic carbocycles. The predicted octanol–water partition coefficient (Wildman–Crippen LogP) is 2.39. The molecular weight excluding hydrogens is 255 g/mol. The van der Waals surface area contributed by atoms with Crippen molar-refractivity contribution in [2.75, 3.05) is 0 Å². The average Bonchev–Trinajstić information content (AvgIpc) is 2.01. The molecule has 1 aromatic rings. The number of carbonyl (C=O) groups is 1. The summed E-state index contributed by atoms with van der Waals surface area (Å²) in [4.78, 5) is 10.2. The summed E-state index contributed by atoms with van der Waals surface area (Å²) in [5, 5.41) is 17.3. The number of carboxylic acid groups (broad SMARTS) is 1. The van der Waals surface area contributed by atoms with Gasteiger partial charge < -0.3 is 10.2 Å². The number of aromatic hydroxyl groups is 1. The maximum Gasteiger partial charge on any atom is 0.328 e. The number of hydrogen-bond acceptors (Lipinski definition) is 2. The van der Waals surface area contributed by atoms with E-state index in [2.05, 4.69) is 15.9 Å². The van der Waals surface area contributed by atoms with Crippen molar-refractivity contribution >= 4 is 28.0 Å². The van der Waals surface area contributed by atoms with Gasteiger partial charge in [0.1, 0.15) is 11.6 Å². The van der Waals surface area contributed by atoms with E-state index < -0.39 is 11.8 Å². The second-order valence-electron chi connectivity index (χ2n) is 2.49. The number of benzene rings is 1. The molecule has 0 unspecified atom stereocenters. The molecule has 0 fully saturated rings. The molecule has 0 saturated heterocycles. The molecule has 2 N–H and O–H groups in total. The van der Waals surface area contributed by atoms with Crippen LogP contribution in [0.2, 0.25) is 0 Å². The second-order valence-corrected chi connectivity index (χ2v) is 3.35. The number of phenols is 1. The van der Waals surface area contributed by atoms with E-state index >= 15 is 0 Å². The Morgan fingerprint density at radius 2 is 2.14 bits per heavy atom. The van der Waals surface area contributed by atoms with Gasteiger partial charge >= 0.3 is 5.97 Å². The van der Waals surface area contributed by atoms with Gasteiger partial charge in [-0.1, -0.05) is 0 Å². The van der Waals surface area contributed by atoms with Gasteiger partial charge in [0.05, 0.1) is 0 Å². The zero-order valence-corrected chi connectivity index (χ0v) is 8.45. The number of hydrogen-bond donors (Lipinski definition) is 2. The predicted molar refractivity (Wildman–Crippen MR) is 52.4 cm³/mol. The monoisotopic (exact) mass is 260 g/mol. The van der Waals surface area contributed by atoms with Gasteiger partial charge in [0.2, 0.25) is 0 Å². The highest BCUT2D eigenvalue weighted by atomic mass is 79.9. The Kier molecular flexibility index (Phi) is 3.24. The lowest BCUT2D eigenvalue weighted by Crippen LogP contribution is -1.88. The Hall–Kier alpha value is -1.36. The summed E-state index contributed by atoms with van der Waals surface area (Å²) in [6.45, 7) is 0. The molecule has 14 heavy (non-hydrogen) atoms. The number of aliphatic carboxylic acids is 1. The SMILES string of the molecule is O=C(O)/C=C/c1c(F)cc(O)cc1Br. The van der Waals surface area contributed by atoms with Gasteiger partial charge in [-0.3, -0.25) is 0 Å². The highest BCUT2D eigenvalue weighted by molar-refractivity contribution is 9.10. The maximum absolute atomic E-state index is 13.1. The molecule has 1 aromatic carbocycles. The van der Waals surface area contributed by atoms with Crippen LogP contribution in [0.5, 0.6) is 5.75 Å². The van der Waals surface area contributed by atoms with Crippen LogP contribution >= 0.6 is 15.9 Å². The van der Waals surface area contributed by atoms with E-state index in [0.717, 1.165) is 18.2 Å². The summed E-state index contributed by atoms with van der Waals surface area (Å²) < 4.78 is 13.4. The smallest absolute Gasteiger partial charge is 0.328 e. The van der Waals surface area contributed by atoms with Gasteiger partial charge in [0.25, 0.3) is 0 Å². The van der Waals surface area contributed by atoms with Crippen molar-refractivity contribution in [3.8, 4) is 5.75 Å². The first-order valence-corrected chi connectivity index (χ1v) is 4.39. The Labute approximate surface area is 87.6 Å². The lowest BCUT2D eigenvalue weighted by molar-refractivity contribution is -0.131. The van der Waals surface area contributed by atoms with Crippen LogP contribution in [0.15, 0.2) is 22.7 Å². The van der Waals surface area contributed by atoms with Gasteiger partial charge in [-0.05, 0) is 28.1 Å². The van der Waals surface area contributed by atoms with Crippen molar-refractivity contribution in [2.45, 2.75) is 0 Å². The molecule has 0 amide bonds. The van der Waals surface area contributed by atoms with E-state index in [4.69, 9.17) is 10.2 Å². The van der Waals surface area contributed by atoms with Crippen LogP contribution < -0.4 is 0 Å². The lowest BCUT2D eigenvalue weighted by Gasteiger charge is -2.01. The molecule has 0 heterocycles. The van der Waals surface area contributed by atoms with Crippen LogP contribution in [0, 0.1) is 5.82 Å². The molecule has 1 rings (SSSR count). The quantitative estimate of drug-likeness (QED) is 0.803. The standard InChI is InChI=1S/C9H6BrFO3/c10-7-3-5(12)4-8(11)6(7)1-2-9(13)14/h1-4,12H,(H,13,14)/b2-1+. The molecular formula is C9H6BrFO3. The molecule has 0 spiro atoms. The van der Waals surface area contributed by atoms with E-state index in [1.54, 1.807) is 0 Å². The highest BCUT2D eigenvalue weighted by Gasteiger charge is 2.06. The van der Waals surface area contributed by atoms with Crippen molar-refractivity contribution in [3.63, 3.8) is 0 Å². The Morgan fingerprint density at radius 3 is 2.64 bits per heavy atom. The van der Waals surface area contributed by atoms with Gasteiger partial charge in [-0.25, -0.2) is 9.18 Å². The first-order chi connectivity index (χ1) is 6.50. The number of halogens is 2. The van der Waals surface area contributed by atoms with Gasteiger partial charge in [0, 0.05) is 22.2 Å². The Morgan fingerprint density at radius 1 is 1.50 bits per heavy atom. The van der Waals surface area contributed by atoms with Crippen molar-refractivity contribution < 1.29 is 19.4 Å². The molecule has 74 valence electrons. The number of phenolic OH excluding ortho intramolecular Hbond substituents is 1. The van der Waals surface area contributed by atoms with E-state index in [9.17, 15) is 9.18 Å². The average molecular weight is 261 g/mol. The number of rotatable bonds is 2. The third kappa shape index (κ3) is 2.56. The molecule has 5 heteroatoms. The molecule has 0 aromatic heterocycles. The zero-order chi connectivity index (χ0) is 10.7. The van der Waals surface area contributed by atoms with Crippen LogP contribution in [-0.4, -0.2) is 16.2 Å². The fraction of sp³-hybridized carbons (Fsp3) is 0. The summed E-state index contributed by atoms with van der Waals surface area (Å²) in [6, 6.07) is 2.19. The minimum atomic E-state index is -1.16. The molecule has 0 aliphatic rings. The van der Waals surface area contributed by atoms with Crippen molar-refractivity contribution in [1.29, 1.82) is 0 Å². The van der Waals surface area contributed by atoms with Crippen molar-refractivity contribution in [3.05, 3.63) is 34.1 Å². The van der Waals surface area contributed by atoms with Crippen LogP contribution in [-0.2, 0) is 4.79 Å². The van der Waals surface area contributed by atoms with Crippen molar-refractivity contribution in [1.82, 2.24) is 0 Å². The Balaban J connectivity index is 3.15. The minimum Gasteiger partial charge on any atom is -0.508 e. The summed E-state index contributed by atoms with van der Waals surface area (Å²) in [7, 11) is 0. The van der Waals surface area contributed by atoms with E-state index in [-0.39, 0.29) is 11.3 Å². The largest absolute Gasteiger partial charge is 0.508 e. The maximum atomic E-state index is 13.1. The fourth-order valence-corrected chi connectivity index (χ4v) is 1.44. The minimum absolute atomic E-state index is 0.0881. The summed E-state index contributed by atoms with van der Waals surface area (Å²) in [5.74, 6) is -2.07. The first kappa shape index (κ1) is 10.7. The third-order valence-electron chi connectivity index (χ3n) is 1.46. The van der Waals surface area contributed by atoms with Gasteiger partial charge in [0.15, 0.2) is 0 Å².